The minimum Gasteiger partial charge on any atom is -0.504 e. The molecule has 1 aromatic rings. The van der Waals surface area contributed by atoms with Crippen molar-refractivity contribution in [3.05, 3.63) is 24.3 Å². The normalized spacial score (nSPS) is 8.21. The monoisotopic (exact) mass is 198 g/mol. The van der Waals surface area contributed by atoms with Crippen LogP contribution in [0.4, 0.5) is 0 Å². The Kier molecular flexibility index (Phi) is 5.94. The van der Waals surface area contributed by atoms with Crippen LogP contribution in [0.3, 0.4) is 0 Å². The smallest absolute Gasteiger partial charge is 0.302 e. The van der Waals surface area contributed by atoms with Gasteiger partial charge >= 0.3 is 5.97 Å². The molecule has 1 aromatic carbocycles. The minimum atomic E-state index is -0.245. The maximum absolute atomic E-state index is 9.59. The first-order valence-corrected chi connectivity index (χ1v) is 3.98. The number of methoxy groups -OCH3 is 2. The molecule has 1 rings (SSSR count). The summed E-state index contributed by atoms with van der Waals surface area (Å²) in [6, 6.07) is 6.84. The van der Waals surface area contributed by atoms with Gasteiger partial charge in [-0.25, -0.2) is 0 Å². The predicted octanol–water partition coefficient (Wildman–Crippen LogP) is 1.58. The van der Waals surface area contributed by atoms with Crippen molar-refractivity contribution in [1.29, 1.82) is 0 Å². The van der Waals surface area contributed by atoms with Crippen LogP contribution in [0.25, 0.3) is 0 Å². The molecule has 0 amide bonds. The Morgan fingerprint density at radius 1 is 1.29 bits per heavy atom. The quantitative estimate of drug-likeness (QED) is 0.696. The zero-order valence-electron chi connectivity index (χ0n) is 8.48. The second-order valence-electron chi connectivity index (χ2n) is 2.37. The predicted molar refractivity (Wildman–Crippen MR) is 52.3 cm³/mol. The highest BCUT2D eigenvalue weighted by molar-refractivity contribution is 5.65. The van der Waals surface area contributed by atoms with Gasteiger partial charge in [-0.2, -0.15) is 0 Å². The number of rotatable bonds is 1. The van der Waals surface area contributed by atoms with Crippen molar-refractivity contribution in [2.24, 2.45) is 0 Å². The van der Waals surface area contributed by atoms with Crippen molar-refractivity contribution >= 4 is 5.97 Å². The number of hydrogen-bond acceptors (Lipinski definition) is 4. The van der Waals surface area contributed by atoms with E-state index in [0.717, 1.165) is 0 Å². The van der Waals surface area contributed by atoms with Gasteiger partial charge in [-0.05, 0) is 12.1 Å². The van der Waals surface area contributed by atoms with Crippen molar-refractivity contribution in [2.45, 2.75) is 6.92 Å². The maximum Gasteiger partial charge on any atom is 0.302 e. The van der Waals surface area contributed by atoms with E-state index in [0.29, 0.717) is 5.75 Å². The molecular weight excluding hydrogens is 184 g/mol. The van der Waals surface area contributed by atoms with E-state index in [2.05, 4.69) is 4.74 Å². The van der Waals surface area contributed by atoms with E-state index >= 15 is 0 Å². The van der Waals surface area contributed by atoms with Crippen LogP contribution in [0.2, 0.25) is 0 Å². The molecule has 0 saturated carbocycles. The minimum absolute atomic E-state index is 0.181. The Balaban J connectivity index is 0.000000292. The van der Waals surface area contributed by atoms with Crippen molar-refractivity contribution < 1.29 is 19.4 Å². The lowest BCUT2D eigenvalue weighted by molar-refractivity contribution is -0.137. The van der Waals surface area contributed by atoms with Crippen molar-refractivity contribution in [1.82, 2.24) is 0 Å². The van der Waals surface area contributed by atoms with Crippen molar-refractivity contribution in [2.75, 3.05) is 14.2 Å². The fraction of sp³-hybridized carbons (Fsp3) is 0.300. The molecule has 0 radical (unpaired) electrons. The highest BCUT2D eigenvalue weighted by Crippen LogP contribution is 2.22. The molecule has 0 atom stereocenters. The summed E-state index contributed by atoms with van der Waals surface area (Å²) < 4.78 is 8.91. The van der Waals surface area contributed by atoms with Crippen LogP contribution in [-0.4, -0.2) is 25.3 Å². The molecule has 0 fully saturated rings. The molecule has 0 aliphatic heterocycles. The fourth-order valence-corrected chi connectivity index (χ4v) is 0.630. The first-order valence-electron chi connectivity index (χ1n) is 3.98. The summed E-state index contributed by atoms with van der Waals surface area (Å²) in [7, 11) is 2.87. The summed E-state index contributed by atoms with van der Waals surface area (Å²) in [5, 5.41) is 8.99. The average Bonchev–Trinajstić information content (AvgIpc) is 2.19. The van der Waals surface area contributed by atoms with Gasteiger partial charge in [0.05, 0.1) is 14.2 Å². The Morgan fingerprint density at radius 2 is 1.79 bits per heavy atom. The van der Waals surface area contributed by atoms with Gasteiger partial charge in [0.15, 0.2) is 11.5 Å². The van der Waals surface area contributed by atoms with Gasteiger partial charge in [0, 0.05) is 6.92 Å². The number of phenolic OH excluding ortho intramolecular Hbond substituents is 1. The number of hydrogen-bond donors (Lipinski definition) is 1. The molecule has 0 aliphatic carbocycles. The van der Waals surface area contributed by atoms with Gasteiger partial charge in [0.25, 0.3) is 0 Å². The number of esters is 1. The van der Waals surface area contributed by atoms with Gasteiger partial charge < -0.3 is 14.6 Å². The first kappa shape index (κ1) is 12.3. The van der Waals surface area contributed by atoms with E-state index in [4.69, 9.17) is 9.84 Å². The lowest BCUT2D eigenvalue weighted by atomic mass is 10.3. The zero-order chi connectivity index (χ0) is 11.0. The molecule has 0 bridgehead atoms. The molecule has 78 valence electrons. The SMILES string of the molecule is COC(C)=O.COc1ccccc1O. The lowest BCUT2D eigenvalue weighted by Gasteiger charge is -1.99. The van der Waals surface area contributed by atoms with E-state index in [9.17, 15) is 4.79 Å². The third kappa shape index (κ3) is 5.03. The molecule has 14 heavy (non-hydrogen) atoms. The Hall–Kier alpha value is -1.71. The highest BCUT2D eigenvalue weighted by Gasteiger charge is 1.94. The Labute approximate surface area is 83.1 Å². The van der Waals surface area contributed by atoms with E-state index in [-0.39, 0.29) is 11.7 Å². The molecule has 0 aliphatic rings. The van der Waals surface area contributed by atoms with Crippen LogP contribution < -0.4 is 4.74 Å². The van der Waals surface area contributed by atoms with Gasteiger partial charge in [-0.15, -0.1) is 0 Å². The molecule has 4 nitrogen and oxygen atoms in total. The van der Waals surface area contributed by atoms with Crippen LogP contribution in [-0.2, 0) is 9.53 Å². The largest absolute Gasteiger partial charge is 0.504 e. The highest BCUT2D eigenvalue weighted by atomic mass is 16.5. The van der Waals surface area contributed by atoms with Gasteiger partial charge in [-0.3, -0.25) is 4.79 Å². The summed E-state index contributed by atoms with van der Waals surface area (Å²) in [5.74, 6) is 0.447. The molecular formula is C10H14O4. The molecule has 0 saturated heterocycles. The standard InChI is InChI=1S/C7H8O2.C3H6O2/c1-9-7-5-3-2-4-6(7)8;1-3(4)5-2/h2-5,8H,1H3;1-2H3. The second kappa shape index (κ2) is 6.77. The number of para-hydroxylation sites is 2. The molecule has 0 heterocycles. The summed E-state index contributed by atoms with van der Waals surface area (Å²) in [4.78, 5) is 9.59. The second-order valence-corrected chi connectivity index (χ2v) is 2.37. The number of ether oxygens (including phenoxy) is 2. The lowest BCUT2D eigenvalue weighted by Crippen LogP contribution is -1.88. The van der Waals surface area contributed by atoms with Gasteiger partial charge in [0.1, 0.15) is 0 Å². The Bertz CT molecular complexity index is 283. The third-order valence-electron chi connectivity index (χ3n) is 1.37. The van der Waals surface area contributed by atoms with Gasteiger partial charge in [-0.1, -0.05) is 12.1 Å². The maximum atomic E-state index is 9.59. The molecule has 4 heteroatoms. The van der Waals surface area contributed by atoms with Crippen LogP contribution in [0.1, 0.15) is 6.92 Å². The third-order valence-corrected chi connectivity index (χ3v) is 1.37. The van der Waals surface area contributed by atoms with Crippen molar-refractivity contribution in [3.8, 4) is 11.5 Å². The van der Waals surface area contributed by atoms with Crippen LogP contribution in [0, 0.1) is 0 Å². The number of benzene rings is 1. The zero-order valence-corrected chi connectivity index (χ0v) is 8.48. The van der Waals surface area contributed by atoms with E-state index in [1.807, 2.05) is 0 Å². The summed E-state index contributed by atoms with van der Waals surface area (Å²) in [6.07, 6.45) is 0. The Morgan fingerprint density at radius 3 is 2.07 bits per heavy atom. The topological polar surface area (TPSA) is 55.8 Å². The summed E-state index contributed by atoms with van der Waals surface area (Å²) >= 11 is 0. The molecule has 0 spiro atoms. The van der Waals surface area contributed by atoms with E-state index in [1.54, 1.807) is 24.3 Å². The average molecular weight is 198 g/mol. The summed E-state index contributed by atoms with van der Waals surface area (Å²) in [6.45, 7) is 1.36. The van der Waals surface area contributed by atoms with E-state index in [1.165, 1.54) is 21.1 Å². The molecule has 1 N–H and O–H groups in total. The van der Waals surface area contributed by atoms with Crippen LogP contribution in [0.5, 0.6) is 11.5 Å². The van der Waals surface area contributed by atoms with Gasteiger partial charge in [0.2, 0.25) is 0 Å². The molecule has 0 unspecified atom stereocenters. The molecule has 0 aromatic heterocycles. The van der Waals surface area contributed by atoms with E-state index < -0.39 is 0 Å². The van der Waals surface area contributed by atoms with Crippen LogP contribution in [0.15, 0.2) is 24.3 Å². The van der Waals surface area contributed by atoms with Crippen LogP contribution >= 0.6 is 0 Å². The number of aromatic hydroxyl groups is 1. The number of phenols is 1. The number of carbonyl (C=O) groups is 1. The fourth-order valence-electron chi connectivity index (χ4n) is 0.630. The number of carbonyl (C=O) groups excluding carboxylic acids is 1. The summed E-state index contributed by atoms with van der Waals surface area (Å²) in [5.41, 5.74) is 0. The first-order chi connectivity index (χ1) is 6.61. The van der Waals surface area contributed by atoms with Crippen molar-refractivity contribution in [3.63, 3.8) is 0 Å².